The maximum Gasteiger partial charge on any atom is 0.324 e. The van der Waals surface area contributed by atoms with Crippen LogP contribution in [0.4, 0.5) is 10.5 Å². The minimum Gasteiger partial charge on any atom is -0.324 e. The van der Waals surface area contributed by atoms with Crippen LogP contribution in [0.3, 0.4) is 0 Å². The van der Waals surface area contributed by atoms with Crippen LogP contribution >= 0.6 is 11.3 Å². The van der Waals surface area contributed by atoms with Gasteiger partial charge in [0, 0.05) is 42.8 Å². The molecule has 120 valence electrons. The van der Waals surface area contributed by atoms with Gasteiger partial charge in [0.05, 0.1) is 5.01 Å². The minimum absolute atomic E-state index is 0.176. The van der Waals surface area contributed by atoms with E-state index in [1.54, 1.807) is 11.3 Å². The summed E-state index contributed by atoms with van der Waals surface area (Å²) in [5.74, 6) is 0.521. The van der Waals surface area contributed by atoms with Crippen LogP contribution < -0.4 is 4.90 Å². The molecule has 0 bridgehead atoms. The van der Waals surface area contributed by atoms with Crippen LogP contribution in [0.2, 0.25) is 0 Å². The summed E-state index contributed by atoms with van der Waals surface area (Å²) >= 11 is 1.73. The van der Waals surface area contributed by atoms with Crippen molar-refractivity contribution in [2.24, 2.45) is 0 Å². The summed E-state index contributed by atoms with van der Waals surface area (Å²) in [6.07, 6.45) is 6.05. The first-order valence-electron chi connectivity index (χ1n) is 8.36. The number of hydrogen-bond donors (Lipinski definition) is 0. The van der Waals surface area contributed by atoms with Crippen molar-refractivity contribution in [2.75, 3.05) is 24.5 Å². The highest BCUT2D eigenvalue weighted by Gasteiger charge is 2.30. The molecule has 0 unspecified atom stereocenters. The largest absolute Gasteiger partial charge is 0.324 e. The van der Waals surface area contributed by atoms with Crippen LogP contribution in [-0.4, -0.2) is 35.5 Å². The molecule has 1 saturated heterocycles. The lowest BCUT2D eigenvalue weighted by Crippen LogP contribution is -2.48. The Morgan fingerprint density at radius 2 is 2.00 bits per heavy atom. The number of nitrogens with zero attached hydrogens (tertiary/aromatic N) is 3. The highest BCUT2D eigenvalue weighted by Crippen LogP contribution is 2.32. The molecule has 2 aromatic rings. The van der Waals surface area contributed by atoms with E-state index in [9.17, 15) is 4.79 Å². The van der Waals surface area contributed by atoms with Crippen molar-refractivity contribution in [1.29, 1.82) is 0 Å². The maximum atomic E-state index is 12.9. The fourth-order valence-electron chi connectivity index (χ4n) is 3.66. The molecule has 1 aromatic carbocycles. The lowest BCUT2D eigenvalue weighted by molar-refractivity contribution is 0.187. The van der Waals surface area contributed by atoms with Gasteiger partial charge in [0.1, 0.15) is 0 Å². The molecule has 0 N–H and O–H groups in total. The first kappa shape index (κ1) is 14.7. The highest BCUT2D eigenvalue weighted by atomic mass is 32.1. The molecule has 3 heterocycles. The molecule has 0 spiro atoms. The Morgan fingerprint density at radius 1 is 1.17 bits per heavy atom. The van der Waals surface area contributed by atoms with Crippen molar-refractivity contribution < 1.29 is 4.79 Å². The van der Waals surface area contributed by atoms with E-state index in [0.717, 1.165) is 51.0 Å². The Labute approximate surface area is 140 Å². The number of hydrogen-bond acceptors (Lipinski definition) is 3. The third-order valence-electron chi connectivity index (χ3n) is 4.91. The van der Waals surface area contributed by atoms with Gasteiger partial charge in [-0.15, -0.1) is 11.3 Å². The Bertz CT molecular complexity index is 677. The van der Waals surface area contributed by atoms with Crippen LogP contribution in [0.1, 0.15) is 35.8 Å². The number of fused-ring (bicyclic) bond motifs is 1. The molecule has 2 aliphatic rings. The SMILES string of the molecule is O=C(N1CCC(c2nccs2)CC1)N1CCCc2ccccc21. The van der Waals surface area contributed by atoms with Crippen molar-refractivity contribution >= 4 is 23.1 Å². The van der Waals surface area contributed by atoms with Gasteiger partial charge in [-0.1, -0.05) is 18.2 Å². The van der Waals surface area contributed by atoms with Gasteiger partial charge in [-0.2, -0.15) is 0 Å². The van der Waals surface area contributed by atoms with E-state index >= 15 is 0 Å². The molecule has 4 nitrogen and oxygen atoms in total. The molecule has 1 fully saturated rings. The number of urea groups is 1. The van der Waals surface area contributed by atoms with Gasteiger partial charge in [0.15, 0.2) is 0 Å². The summed E-state index contributed by atoms with van der Waals surface area (Å²) in [5.41, 5.74) is 2.40. The number of rotatable bonds is 1. The van der Waals surface area contributed by atoms with E-state index in [0.29, 0.717) is 5.92 Å². The summed E-state index contributed by atoms with van der Waals surface area (Å²) in [5, 5.41) is 3.26. The lowest BCUT2D eigenvalue weighted by Gasteiger charge is -2.37. The molecule has 2 aliphatic heterocycles. The number of carbonyl (C=O) groups is 1. The number of amides is 2. The van der Waals surface area contributed by atoms with Crippen molar-refractivity contribution in [2.45, 2.75) is 31.6 Å². The number of anilines is 1. The van der Waals surface area contributed by atoms with Crippen LogP contribution in [0.5, 0.6) is 0 Å². The lowest BCUT2D eigenvalue weighted by atomic mass is 9.97. The fourth-order valence-corrected chi connectivity index (χ4v) is 4.47. The fraction of sp³-hybridized carbons (Fsp3) is 0.444. The molecule has 1 aromatic heterocycles. The summed E-state index contributed by atoms with van der Waals surface area (Å²) in [6.45, 7) is 2.51. The van der Waals surface area contributed by atoms with E-state index in [-0.39, 0.29) is 6.03 Å². The second kappa shape index (κ2) is 6.32. The smallest absolute Gasteiger partial charge is 0.324 e. The highest BCUT2D eigenvalue weighted by molar-refractivity contribution is 7.09. The predicted octanol–water partition coefficient (Wildman–Crippen LogP) is 3.90. The normalized spacial score (nSPS) is 18.8. The first-order chi connectivity index (χ1) is 11.3. The zero-order valence-corrected chi connectivity index (χ0v) is 14.0. The average molecular weight is 327 g/mol. The topological polar surface area (TPSA) is 36.4 Å². The monoisotopic (exact) mass is 327 g/mol. The quantitative estimate of drug-likeness (QED) is 0.796. The number of thiazole rings is 1. The van der Waals surface area contributed by atoms with E-state index in [4.69, 9.17) is 0 Å². The predicted molar refractivity (Wildman–Crippen MR) is 93.2 cm³/mol. The molecule has 0 atom stereocenters. The molecular formula is C18H21N3OS. The van der Waals surface area contributed by atoms with Crippen LogP contribution in [0.25, 0.3) is 0 Å². The number of aromatic nitrogens is 1. The first-order valence-corrected chi connectivity index (χ1v) is 9.24. The zero-order chi connectivity index (χ0) is 15.6. The van der Waals surface area contributed by atoms with Gasteiger partial charge in [0.2, 0.25) is 0 Å². The van der Waals surface area contributed by atoms with E-state index in [2.05, 4.69) is 23.2 Å². The molecule has 2 amide bonds. The van der Waals surface area contributed by atoms with Crippen molar-refractivity contribution in [1.82, 2.24) is 9.88 Å². The molecule has 23 heavy (non-hydrogen) atoms. The number of benzene rings is 1. The summed E-state index contributed by atoms with van der Waals surface area (Å²) < 4.78 is 0. The second-order valence-electron chi connectivity index (χ2n) is 6.30. The Balaban J connectivity index is 1.45. The summed E-state index contributed by atoms with van der Waals surface area (Å²) in [4.78, 5) is 21.4. The zero-order valence-electron chi connectivity index (χ0n) is 13.1. The molecule has 0 radical (unpaired) electrons. The van der Waals surface area contributed by atoms with Gasteiger partial charge in [-0.3, -0.25) is 4.90 Å². The standard InChI is InChI=1S/C18H21N3OS/c22-18(21-10-3-5-14-4-1-2-6-16(14)21)20-11-7-15(8-12-20)17-19-9-13-23-17/h1-2,4,6,9,13,15H,3,5,7-8,10-12H2. The van der Waals surface area contributed by atoms with Gasteiger partial charge in [-0.25, -0.2) is 9.78 Å². The number of para-hydroxylation sites is 1. The molecule has 0 aliphatic carbocycles. The van der Waals surface area contributed by atoms with Gasteiger partial charge < -0.3 is 4.90 Å². The van der Waals surface area contributed by atoms with Gasteiger partial charge in [-0.05, 0) is 37.3 Å². The number of piperidine rings is 1. The Morgan fingerprint density at radius 3 is 2.78 bits per heavy atom. The Kier molecular flexibility index (Phi) is 4.04. The third-order valence-corrected chi connectivity index (χ3v) is 5.85. The van der Waals surface area contributed by atoms with Gasteiger partial charge in [0.25, 0.3) is 0 Å². The van der Waals surface area contributed by atoms with E-state index in [1.807, 2.05) is 27.4 Å². The van der Waals surface area contributed by atoms with E-state index < -0.39 is 0 Å². The third kappa shape index (κ3) is 2.85. The van der Waals surface area contributed by atoms with Crippen molar-refractivity contribution in [3.63, 3.8) is 0 Å². The average Bonchev–Trinajstić information content (AvgIpc) is 3.15. The summed E-state index contributed by atoms with van der Waals surface area (Å²) in [7, 11) is 0. The molecular weight excluding hydrogens is 306 g/mol. The molecule has 0 saturated carbocycles. The Hall–Kier alpha value is -1.88. The maximum absolute atomic E-state index is 12.9. The van der Waals surface area contributed by atoms with Gasteiger partial charge >= 0.3 is 6.03 Å². The molecule has 5 heteroatoms. The van der Waals surface area contributed by atoms with Crippen molar-refractivity contribution in [3.05, 3.63) is 46.4 Å². The minimum atomic E-state index is 0.176. The summed E-state index contributed by atoms with van der Waals surface area (Å²) in [6, 6.07) is 8.48. The molecule has 4 rings (SSSR count). The number of likely N-dealkylation sites (tertiary alicyclic amines) is 1. The van der Waals surface area contributed by atoms with Crippen LogP contribution in [0, 0.1) is 0 Å². The van der Waals surface area contributed by atoms with Crippen LogP contribution in [0.15, 0.2) is 35.8 Å². The number of carbonyl (C=O) groups excluding carboxylic acids is 1. The van der Waals surface area contributed by atoms with Crippen LogP contribution in [-0.2, 0) is 6.42 Å². The second-order valence-corrected chi connectivity index (χ2v) is 7.22. The number of aryl methyl sites for hydroxylation is 1. The van der Waals surface area contributed by atoms with E-state index in [1.165, 1.54) is 10.6 Å². The van der Waals surface area contributed by atoms with Crippen molar-refractivity contribution in [3.8, 4) is 0 Å².